The second kappa shape index (κ2) is 7.11. The molecule has 1 fully saturated rings. The maximum Gasteiger partial charge on any atom is -0.00155 e. The standard InChI is InChI=1S/C18H37N/c1-17(2,3)15-10-8-7-9-11-16(18(4,5)6)14-19-13-12-15/h15-16,19H,7-14H2,1-6H3. The second-order valence-electron chi connectivity index (χ2n) is 8.76. The molecule has 0 aromatic heterocycles. The van der Waals surface area contributed by atoms with Gasteiger partial charge >= 0.3 is 0 Å². The van der Waals surface area contributed by atoms with Gasteiger partial charge in [-0.1, -0.05) is 60.8 Å². The first-order valence-corrected chi connectivity index (χ1v) is 8.42. The Kier molecular flexibility index (Phi) is 6.36. The first-order valence-electron chi connectivity index (χ1n) is 8.42. The van der Waals surface area contributed by atoms with E-state index in [0.29, 0.717) is 10.8 Å². The Morgan fingerprint density at radius 2 is 1.21 bits per heavy atom. The van der Waals surface area contributed by atoms with Crippen molar-refractivity contribution in [2.45, 2.75) is 80.1 Å². The van der Waals surface area contributed by atoms with Gasteiger partial charge in [-0.2, -0.15) is 0 Å². The monoisotopic (exact) mass is 267 g/mol. The Hall–Kier alpha value is -0.0400. The Morgan fingerprint density at radius 3 is 1.74 bits per heavy atom. The fraction of sp³-hybridized carbons (Fsp3) is 1.00. The van der Waals surface area contributed by atoms with E-state index in [4.69, 9.17) is 0 Å². The number of hydrogen-bond acceptors (Lipinski definition) is 1. The average molecular weight is 268 g/mol. The van der Waals surface area contributed by atoms with Crippen molar-refractivity contribution >= 4 is 0 Å². The molecule has 1 rings (SSSR count). The predicted molar refractivity (Wildman–Crippen MR) is 86.5 cm³/mol. The maximum atomic E-state index is 3.74. The Labute approximate surface area is 121 Å². The fourth-order valence-electron chi connectivity index (χ4n) is 3.36. The first kappa shape index (κ1) is 17.0. The predicted octanol–water partition coefficient (Wildman–Crippen LogP) is 5.25. The van der Waals surface area contributed by atoms with Crippen LogP contribution in [0.2, 0.25) is 0 Å². The molecule has 2 atom stereocenters. The van der Waals surface area contributed by atoms with Gasteiger partial charge in [0.25, 0.3) is 0 Å². The van der Waals surface area contributed by atoms with E-state index in [2.05, 4.69) is 46.9 Å². The normalized spacial score (nSPS) is 28.7. The van der Waals surface area contributed by atoms with Gasteiger partial charge in [0.05, 0.1) is 0 Å². The smallest absolute Gasteiger partial charge is 0.00155 e. The van der Waals surface area contributed by atoms with E-state index in [9.17, 15) is 0 Å². The summed E-state index contributed by atoms with van der Waals surface area (Å²) in [5.41, 5.74) is 0.920. The molecular formula is C18H37N. The summed E-state index contributed by atoms with van der Waals surface area (Å²) in [7, 11) is 0. The van der Waals surface area contributed by atoms with Crippen molar-refractivity contribution in [1.29, 1.82) is 0 Å². The molecule has 0 bridgehead atoms. The van der Waals surface area contributed by atoms with Gasteiger partial charge in [0.2, 0.25) is 0 Å². The summed E-state index contributed by atoms with van der Waals surface area (Å²) in [5, 5.41) is 3.74. The largest absolute Gasteiger partial charge is 0.316 e. The lowest BCUT2D eigenvalue weighted by atomic mass is 9.76. The molecule has 1 nitrogen and oxygen atoms in total. The minimum absolute atomic E-state index is 0.449. The van der Waals surface area contributed by atoms with E-state index in [1.165, 1.54) is 51.6 Å². The molecule has 1 aliphatic heterocycles. The van der Waals surface area contributed by atoms with Gasteiger partial charge < -0.3 is 5.32 Å². The summed E-state index contributed by atoms with van der Waals surface area (Å²) < 4.78 is 0. The molecule has 0 aromatic carbocycles. The molecule has 19 heavy (non-hydrogen) atoms. The molecule has 0 saturated carbocycles. The van der Waals surface area contributed by atoms with Crippen molar-refractivity contribution in [3.8, 4) is 0 Å². The Bertz CT molecular complexity index is 217. The molecule has 1 N–H and O–H groups in total. The molecule has 1 heteroatoms. The van der Waals surface area contributed by atoms with Crippen LogP contribution in [-0.2, 0) is 0 Å². The SMILES string of the molecule is CC(C)(C)C1CCCCCC(C(C)(C)C)CNCC1. The van der Waals surface area contributed by atoms with Crippen LogP contribution >= 0.6 is 0 Å². The quantitative estimate of drug-likeness (QED) is 0.631. The van der Waals surface area contributed by atoms with Gasteiger partial charge in [0.15, 0.2) is 0 Å². The van der Waals surface area contributed by atoms with Crippen LogP contribution in [0.3, 0.4) is 0 Å². The second-order valence-corrected chi connectivity index (χ2v) is 8.76. The third-order valence-corrected chi connectivity index (χ3v) is 5.11. The molecule has 0 amide bonds. The third kappa shape index (κ3) is 6.29. The molecule has 0 radical (unpaired) electrons. The van der Waals surface area contributed by atoms with Crippen LogP contribution in [0.15, 0.2) is 0 Å². The lowest BCUT2D eigenvalue weighted by molar-refractivity contribution is 0.202. The van der Waals surface area contributed by atoms with Crippen molar-refractivity contribution < 1.29 is 0 Å². The van der Waals surface area contributed by atoms with Crippen molar-refractivity contribution in [2.24, 2.45) is 22.7 Å². The number of nitrogens with one attached hydrogen (secondary N) is 1. The van der Waals surface area contributed by atoms with Crippen molar-refractivity contribution in [3.05, 3.63) is 0 Å². The van der Waals surface area contributed by atoms with Crippen LogP contribution in [0.4, 0.5) is 0 Å². The van der Waals surface area contributed by atoms with Crippen molar-refractivity contribution in [3.63, 3.8) is 0 Å². The summed E-state index contributed by atoms with van der Waals surface area (Å²) in [5.74, 6) is 1.71. The van der Waals surface area contributed by atoms with E-state index >= 15 is 0 Å². The highest BCUT2D eigenvalue weighted by molar-refractivity contribution is 4.79. The van der Waals surface area contributed by atoms with Gasteiger partial charge in [-0.3, -0.25) is 0 Å². The molecule has 0 aromatic rings. The highest BCUT2D eigenvalue weighted by Gasteiger charge is 2.26. The molecule has 0 aliphatic carbocycles. The van der Waals surface area contributed by atoms with Crippen LogP contribution in [0.25, 0.3) is 0 Å². The van der Waals surface area contributed by atoms with Gasteiger partial charge in [0, 0.05) is 0 Å². The zero-order valence-corrected chi connectivity index (χ0v) is 14.3. The third-order valence-electron chi connectivity index (χ3n) is 5.11. The van der Waals surface area contributed by atoms with Crippen molar-refractivity contribution in [2.75, 3.05) is 13.1 Å². The van der Waals surface area contributed by atoms with E-state index in [0.717, 1.165) is 11.8 Å². The van der Waals surface area contributed by atoms with E-state index < -0.39 is 0 Å². The highest BCUT2D eigenvalue weighted by Crippen LogP contribution is 2.34. The summed E-state index contributed by atoms with van der Waals surface area (Å²) >= 11 is 0. The average Bonchev–Trinajstić information content (AvgIpc) is 2.29. The summed E-state index contributed by atoms with van der Waals surface area (Å²) in [4.78, 5) is 0. The van der Waals surface area contributed by atoms with E-state index in [-0.39, 0.29) is 0 Å². The van der Waals surface area contributed by atoms with Crippen LogP contribution in [-0.4, -0.2) is 13.1 Å². The minimum Gasteiger partial charge on any atom is -0.316 e. The number of hydrogen-bond donors (Lipinski definition) is 1. The summed E-state index contributed by atoms with van der Waals surface area (Å²) in [6.07, 6.45) is 8.45. The van der Waals surface area contributed by atoms with Gasteiger partial charge in [-0.15, -0.1) is 0 Å². The minimum atomic E-state index is 0.449. The maximum absolute atomic E-state index is 3.74. The van der Waals surface area contributed by atoms with Gasteiger partial charge in [0.1, 0.15) is 0 Å². The molecule has 1 saturated heterocycles. The zero-order valence-electron chi connectivity index (χ0n) is 14.3. The van der Waals surface area contributed by atoms with E-state index in [1.54, 1.807) is 0 Å². The molecular weight excluding hydrogens is 230 g/mol. The zero-order chi connectivity index (χ0) is 14.5. The van der Waals surface area contributed by atoms with Crippen LogP contribution in [0.1, 0.15) is 80.1 Å². The first-order chi connectivity index (χ1) is 8.71. The topological polar surface area (TPSA) is 12.0 Å². The van der Waals surface area contributed by atoms with Crippen LogP contribution in [0, 0.1) is 22.7 Å². The molecule has 2 unspecified atom stereocenters. The lowest BCUT2D eigenvalue weighted by Gasteiger charge is -2.32. The summed E-state index contributed by atoms with van der Waals surface area (Å²) in [6.45, 7) is 16.8. The molecule has 114 valence electrons. The van der Waals surface area contributed by atoms with Gasteiger partial charge in [-0.05, 0) is 55.0 Å². The Morgan fingerprint density at radius 1 is 0.684 bits per heavy atom. The molecule has 0 spiro atoms. The number of rotatable bonds is 0. The van der Waals surface area contributed by atoms with Gasteiger partial charge in [-0.25, -0.2) is 0 Å². The lowest BCUT2D eigenvalue weighted by Crippen LogP contribution is -2.33. The van der Waals surface area contributed by atoms with E-state index in [1.807, 2.05) is 0 Å². The molecule has 1 heterocycles. The fourth-order valence-corrected chi connectivity index (χ4v) is 3.36. The highest BCUT2D eigenvalue weighted by atomic mass is 14.9. The van der Waals surface area contributed by atoms with Crippen LogP contribution in [0.5, 0.6) is 0 Å². The summed E-state index contributed by atoms with van der Waals surface area (Å²) in [6, 6.07) is 0. The van der Waals surface area contributed by atoms with Crippen LogP contribution < -0.4 is 5.32 Å². The molecule has 1 aliphatic rings. The Balaban J connectivity index is 2.55. The van der Waals surface area contributed by atoms with Crippen molar-refractivity contribution in [1.82, 2.24) is 5.32 Å².